The molecule has 0 aromatic heterocycles. The van der Waals surface area contributed by atoms with Crippen LogP contribution in [0.4, 0.5) is 10.5 Å². The lowest BCUT2D eigenvalue weighted by atomic mass is 9.92. The molecule has 8 nitrogen and oxygen atoms in total. The Labute approximate surface area is 113 Å². The summed E-state index contributed by atoms with van der Waals surface area (Å²) in [5.41, 5.74) is -1.01. The number of urea groups is 1. The molecule has 1 aliphatic heterocycles. The van der Waals surface area contributed by atoms with E-state index in [1.165, 1.54) is 31.2 Å². The van der Waals surface area contributed by atoms with E-state index in [2.05, 4.69) is 5.32 Å². The van der Waals surface area contributed by atoms with E-state index in [9.17, 15) is 19.7 Å². The molecule has 1 heterocycles. The highest BCUT2D eigenvalue weighted by Crippen LogP contribution is 2.29. The molecule has 1 saturated heterocycles. The van der Waals surface area contributed by atoms with Gasteiger partial charge in [0.15, 0.2) is 0 Å². The molecule has 8 heteroatoms. The topological polar surface area (TPSA) is 116 Å². The van der Waals surface area contributed by atoms with E-state index in [0.717, 1.165) is 4.90 Å². The third kappa shape index (κ3) is 1.95. The van der Waals surface area contributed by atoms with Crippen molar-refractivity contribution in [3.63, 3.8) is 0 Å². The predicted molar refractivity (Wildman–Crippen MR) is 66.3 cm³/mol. The number of hydrogen-bond acceptors (Lipinski definition) is 5. The Morgan fingerprint density at radius 2 is 2.00 bits per heavy atom. The maximum absolute atomic E-state index is 12.2. The number of amides is 3. The standard InChI is InChI=1S/C12H10N4O4/c1-12(8-2-4-9(5-3-8)16(19)20)10(17)15(7-6-13)11(18)14-12/h2-5H,7H2,1H3,(H,14,18)/t12-/m0/s1. The summed E-state index contributed by atoms with van der Waals surface area (Å²) in [6.07, 6.45) is 0. The Hall–Kier alpha value is -2.95. The Morgan fingerprint density at radius 3 is 2.50 bits per heavy atom. The van der Waals surface area contributed by atoms with Crippen LogP contribution in [0.2, 0.25) is 0 Å². The van der Waals surface area contributed by atoms with Crippen LogP contribution in [0.15, 0.2) is 24.3 Å². The summed E-state index contributed by atoms with van der Waals surface area (Å²) < 4.78 is 0. The van der Waals surface area contributed by atoms with E-state index in [1.54, 1.807) is 6.07 Å². The largest absolute Gasteiger partial charge is 0.326 e. The van der Waals surface area contributed by atoms with Crippen molar-refractivity contribution >= 4 is 17.6 Å². The zero-order valence-corrected chi connectivity index (χ0v) is 10.5. The van der Waals surface area contributed by atoms with Crippen LogP contribution in [-0.4, -0.2) is 28.3 Å². The Bertz CT molecular complexity index is 634. The van der Waals surface area contributed by atoms with Gasteiger partial charge in [-0.1, -0.05) is 0 Å². The van der Waals surface area contributed by atoms with E-state index in [1.807, 2.05) is 0 Å². The van der Waals surface area contributed by atoms with Gasteiger partial charge in [-0.3, -0.25) is 14.9 Å². The first-order valence-corrected chi connectivity index (χ1v) is 5.66. The van der Waals surface area contributed by atoms with E-state index in [0.29, 0.717) is 5.56 Å². The second kappa shape index (κ2) is 4.62. The number of carbonyl (C=O) groups is 2. The van der Waals surface area contributed by atoms with Crippen molar-refractivity contribution in [3.8, 4) is 6.07 Å². The highest BCUT2D eigenvalue weighted by Gasteiger charge is 2.48. The van der Waals surface area contributed by atoms with E-state index in [4.69, 9.17) is 5.26 Å². The van der Waals surface area contributed by atoms with Crippen molar-refractivity contribution in [1.29, 1.82) is 5.26 Å². The van der Waals surface area contributed by atoms with Crippen molar-refractivity contribution in [2.75, 3.05) is 6.54 Å². The number of non-ortho nitro benzene ring substituents is 1. The number of hydrogen-bond donors (Lipinski definition) is 1. The van der Waals surface area contributed by atoms with Crippen LogP contribution in [0.5, 0.6) is 0 Å². The van der Waals surface area contributed by atoms with E-state index < -0.39 is 22.4 Å². The quantitative estimate of drug-likeness (QED) is 0.380. The molecule has 0 aliphatic carbocycles. The molecule has 2 rings (SSSR count). The summed E-state index contributed by atoms with van der Waals surface area (Å²) in [4.78, 5) is 34.7. The van der Waals surface area contributed by atoms with Gasteiger partial charge in [-0.25, -0.2) is 9.69 Å². The Morgan fingerprint density at radius 1 is 1.40 bits per heavy atom. The van der Waals surface area contributed by atoms with Crippen LogP contribution in [0.25, 0.3) is 0 Å². The van der Waals surface area contributed by atoms with Crippen LogP contribution < -0.4 is 5.32 Å². The maximum Gasteiger partial charge on any atom is 0.326 e. The van der Waals surface area contributed by atoms with Crippen molar-refractivity contribution in [1.82, 2.24) is 10.2 Å². The molecule has 102 valence electrons. The Balaban J connectivity index is 2.37. The molecule has 0 unspecified atom stereocenters. The predicted octanol–water partition coefficient (Wildman–Crippen LogP) is 0.885. The summed E-state index contributed by atoms with van der Waals surface area (Å²) in [6.45, 7) is 1.15. The minimum Gasteiger partial charge on any atom is -0.319 e. The number of carbonyl (C=O) groups excluding carboxylic acids is 2. The molecule has 1 aromatic rings. The summed E-state index contributed by atoms with van der Waals surface area (Å²) >= 11 is 0. The molecule has 1 N–H and O–H groups in total. The van der Waals surface area contributed by atoms with Crippen molar-refractivity contribution in [2.24, 2.45) is 0 Å². The molecule has 1 aliphatic rings. The number of nitrogens with one attached hydrogen (secondary N) is 1. The minimum atomic E-state index is -1.32. The fourth-order valence-corrected chi connectivity index (χ4v) is 2.02. The number of nitro groups is 1. The van der Waals surface area contributed by atoms with Crippen molar-refractivity contribution in [3.05, 3.63) is 39.9 Å². The Kier molecular flexibility index (Phi) is 3.11. The third-order valence-electron chi connectivity index (χ3n) is 3.16. The molecule has 1 fully saturated rings. The van der Waals surface area contributed by atoms with Gasteiger partial charge in [0, 0.05) is 12.1 Å². The van der Waals surface area contributed by atoms with Gasteiger partial charge in [-0.2, -0.15) is 5.26 Å². The lowest BCUT2D eigenvalue weighted by molar-refractivity contribution is -0.384. The minimum absolute atomic E-state index is 0.108. The highest BCUT2D eigenvalue weighted by atomic mass is 16.6. The first kappa shape index (κ1) is 13.5. The second-order valence-corrected chi connectivity index (χ2v) is 4.41. The molecule has 1 atom stereocenters. The SMILES string of the molecule is C[C@@]1(c2ccc([N+](=O)[O-])cc2)NC(=O)N(CC#N)C1=O. The van der Waals surface area contributed by atoms with Gasteiger partial charge in [-0.05, 0) is 24.6 Å². The summed E-state index contributed by atoms with van der Waals surface area (Å²) in [5, 5.41) is 21.7. The molecule has 0 spiro atoms. The average molecular weight is 274 g/mol. The van der Waals surface area contributed by atoms with Gasteiger partial charge in [-0.15, -0.1) is 0 Å². The van der Waals surface area contributed by atoms with Crippen LogP contribution in [0.3, 0.4) is 0 Å². The maximum atomic E-state index is 12.2. The zero-order chi connectivity index (χ0) is 14.9. The molecule has 0 bridgehead atoms. The van der Waals surface area contributed by atoms with Gasteiger partial charge < -0.3 is 5.32 Å². The average Bonchev–Trinajstić information content (AvgIpc) is 2.64. The van der Waals surface area contributed by atoms with Gasteiger partial charge in [0.25, 0.3) is 11.6 Å². The molecule has 20 heavy (non-hydrogen) atoms. The number of nitro benzene ring substituents is 1. The van der Waals surface area contributed by atoms with Crippen LogP contribution in [-0.2, 0) is 10.3 Å². The van der Waals surface area contributed by atoms with Crippen LogP contribution in [0.1, 0.15) is 12.5 Å². The summed E-state index contributed by atoms with van der Waals surface area (Å²) in [7, 11) is 0. The van der Waals surface area contributed by atoms with Crippen molar-refractivity contribution in [2.45, 2.75) is 12.5 Å². The molecule has 0 saturated carbocycles. The van der Waals surface area contributed by atoms with Crippen molar-refractivity contribution < 1.29 is 14.5 Å². The normalized spacial score (nSPS) is 21.5. The molecular formula is C12H10N4O4. The van der Waals surface area contributed by atoms with E-state index in [-0.39, 0.29) is 12.2 Å². The number of imide groups is 1. The van der Waals surface area contributed by atoms with E-state index >= 15 is 0 Å². The first-order valence-electron chi connectivity index (χ1n) is 5.66. The molecule has 0 radical (unpaired) electrons. The summed E-state index contributed by atoms with van der Waals surface area (Å²) in [5.74, 6) is -0.557. The zero-order valence-electron chi connectivity index (χ0n) is 10.5. The number of benzene rings is 1. The first-order chi connectivity index (χ1) is 9.40. The van der Waals surface area contributed by atoms with Crippen LogP contribution in [0, 0.1) is 21.4 Å². The number of nitrogens with zero attached hydrogens (tertiary/aromatic N) is 3. The highest BCUT2D eigenvalue weighted by molar-refractivity contribution is 6.07. The van der Waals surface area contributed by atoms with Gasteiger partial charge in [0.05, 0.1) is 11.0 Å². The molecule has 1 aromatic carbocycles. The number of nitriles is 1. The fraction of sp³-hybridized carbons (Fsp3) is 0.250. The lowest BCUT2D eigenvalue weighted by Gasteiger charge is -2.21. The van der Waals surface area contributed by atoms with Gasteiger partial charge in [0.2, 0.25) is 0 Å². The lowest BCUT2D eigenvalue weighted by Crippen LogP contribution is -2.40. The van der Waals surface area contributed by atoms with Gasteiger partial charge >= 0.3 is 6.03 Å². The number of rotatable bonds is 3. The van der Waals surface area contributed by atoms with Gasteiger partial charge in [0.1, 0.15) is 12.1 Å². The second-order valence-electron chi connectivity index (χ2n) is 4.41. The monoisotopic (exact) mass is 274 g/mol. The smallest absolute Gasteiger partial charge is 0.319 e. The summed E-state index contributed by atoms with van der Waals surface area (Å²) in [6, 6.07) is 6.42. The fourth-order valence-electron chi connectivity index (χ4n) is 2.02. The third-order valence-corrected chi connectivity index (χ3v) is 3.16. The van der Waals surface area contributed by atoms with Crippen LogP contribution >= 0.6 is 0 Å². The molecule has 3 amide bonds. The molecular weight excluding hydrogens is 264 g/mol.